The smallest absolute Gasteiger partial charge is 0.221 e. The van der Waals surface area contributed by atoms with Crippen LogP contribution in [0.25, 0.3) is 0 Å². The SMILES string of the molecule is CC(C)c1ccc(C2(CNC(=O)CCN)CCCC2)cc1.Cl. The zero-order chi connectivity index (χ0) is 15.3. The molecule has 1 amide bonds. The van der Waals surface area contributed by atoms with E-state index in [1.165, 1.54) is 24.0 Å². The van der Waals surface area contributed by atoms with Crippen molar-refractivity contribution in [3.05, 3.63) is 35.4 Å². The second kappa shape index (κ2) is 8.54. The van der Waals surface area contributed by atoms with Crippen LogP contribution >= 0.6 is 12.4 Å². The van der Waals surface area contributed by atoms with Crippen molar-refractivity contribution in [1.29, 1.82) is 0 Å². The van der Waals surface area contributed by atoms with Crippen molar-refractivity contribution in [3.63, 3.8) is 0 Å². The molecule has 0 aliphatic heterocycles. The predicted molar refractivity (Wildman–Crippen MR) is 94.6 cm³/mol. The van der Waals surface area contributed by atoms with Gasteiger partial charge in [-0.05, 0) is 29.9 Å². The molecule has 0 bridgehead atoms. The Morgan fingerprint density at radius 1 is 1.23 bits per heavy atom. The van der Waals surface area contributed by atoms with Crippen LogP contribution in [0.3, 0.4) is 0 Å². The van der Waals surface area contributed by atoms with E-state index in [4.69, 9.17) is 5.73 Å². The summed E-state index contributed by atoms with van der Waals surface area (Å²) < 4.78 is 0. The first-order valence-corrected chi connectivity index (χ1v) is 8.14. The lowest BCUT2D eigenvalue weighted by Crippen LogP contribution is -2.39. The van der Waals surface area contributed by atoms with E-state index in [0.717, 1.165) is 19.4 Å². The van der Waals surface area contributed by atoms with E-state index in [0.29, 0.717) is 18.9 Å². The van der Waals surface area contributed by atoms with Gasteiger partial charge in [-0.1, -0.05) is 51.0 Å². The minimum Gasteiger partial charge on any atom is -0.355 e. The molecule has 124 valence electrons. The largest absolute Gasteiger partial charge is 0.355 e. The van der Waals surface area contributed by atoms with Crippen LogP contribution in [0.4, 0.5) is 0 Å². The normalized spacial score (nSPS) is 16.4. The van der Waals surface area contributed by atoms with Crippen LogP contribution in [-0.4, -0.2) is 19.0 Å². The predicted octanol–water partition coefficient (Wildman–Crippen LogP) is 3.51. The minimum atomic E-state index is 0. The fourth-order valence-electron chi connectivity index (χ4n) is 3.33. The highest BCUT2D eigenvalue weighted by Gasteiger charge is 2.35. The molecule has 22 heavy (non-hydrogen) atoms. The van der Waals surface area contributed by atoms with Crippen LogP contribution in [0.5, 0.6) is 0 Å². The molecule has 1 aromatic rings. The first-order chi connectivity index (χ1) is 10.1. The van der Waals surface area contributed by atoms with E-state index in [-0.39, 0.29) is 23.7 Å². The van der Waals surface area contributed by atoms with E-state index < -0.39 is 0 Å². The van der Waals surface area contributed by atoms with Crippen molar-refractivity contribution in [1.82, 2.24) is 5.32 Å². The topological polar surface area (TPSA) is 55.1 Å². The maximum absolute atomic E-state index is 11.7. The van der Waals surface area contributed by atoms with Gasteiger partial charge in [0.05, 0.1) is 0 Å². The van der Waals surface area contributed by atoms with Gasteiger partial charge in [0.25, 0.3) is 0 Å². The van der Waals surface area contributed by atoms with E-state index in [2.05, 4.69) is 43.4 Å². The lowest BCUT2D eigenvalue weighted by atomic mass is 9.78. The van der Waals surface area contributed by atoms with Gasteiger partial charge in [-0.3, -0.25) is 4.79 Å². The molecule has 0 atom stereocenters. The average molecular weight is 325 g/mol. The molecule has 0 radical (unpaired) electrons. The number of halogens is 1. The van der Waals surface area contributed by atoms with Crippen molar-refractivity contribution in [3.8, 4) is 0 Å². The first kappa shape index (κ1) is 19.0. The molecule has 1 aromatic carbocycles. The Kier molecular flexibility index (Phi) is 7.37. The van der Waals surface area contributed by atoms with Gasteiger partial charge in [-0.15, -0.1) is 12.4 Å². The van der Waals surface area contributed by atoms with Crippen LogP contribution in [0, 0.1) is 0 Å². The lowest BCUT2D eigenvalue weighted by Gasteiger charge is -2.30. The van der Waals surface area contributed by atoms with Gasteiger partial charge >= 0.3 is 0 Å². The molecule has 1 saturated carbocycles. The number of benzene rings is 1. The molecule has 0 saturated heterocycles. The summed E-state index contributed by atoms with van der Waals surface area (Å²) in [6.07, 6.45) is 5.24. The van der Waals surface area contributed by atoms with Crippen LogP contribution in [-0.2, 0) is 10.2 Å². The zero-order valence-corrected chi connectivity index (χ0v) is 14.5. The minimum absolute atomic E-state index is 0. The maximum Gasteiger partial charge on any atom is 0.221 e. The summed E-state index contributed by atoms with van der Waals surface area (Å²) in [6.45, 7) is 5.59. The molecule has 0 heterocycles. The summed E-state index contributed by atoms with van der Waals surface area (Å²) in [4.78, 5) is 11.7. The third-order valence-corrected chi connectivity index (χ3v) is 4.75. The Labute approximate surface area is 140 Å². The highest BCUT2D eigenvalue weighted by molar-refractivity contribution is 5.85. The van der Waals surface area contributed by atoms with E-state index >= 15 is 0 Å². The quantitative estimate of drug-likeness (QED) is 0.841. The number of carbonyl (C=O) groups is 1. The third kappa shape index (κ3) is 4.47. The highest BCUT2D eigenvalue weighted by atomic mass is 35.5. The standard InChI is InChI=1S/C18H28N2O.ClH/c1-14(2)15-5-7-16(8-6-15)18(10-3-4-11-18)13-20-17(21)9-12-19;/h5-8,14H,3-4,9-13,19H2,1-2H3,(H,20,21);1H. The van der Waals surface area contributed by atoms with Crippen molar-refractivity contribution in [2.45, 2.75) is 57.3 Å². The number of carbonyl (C=O) groups excluding carboxylic acids is 1. The molecule has 2 rings (SSSR count). The monoisotopic (exact) mass is 324 g/mol. The summed E-state index contributed by atoms with van der Waals surface area (Å²) in [5.74, 6) is 0.630. The average Bonchev–Trinajstić information content (AvgIpc) is 2.96. The Bertz CT molecular complexity index is 464. The summed E-state index contributed by atoms with van der Waals surface area (Å²) >= 11 is 0. The molecule has 0 aromatic heterocycles. The van der Waals surface area contributed by atoms with Gasteiger partial charge < -0.3 is 11.1 Å². The van der Waals surface area contributed by atoms with Gasteiger partial charge in [0.15, 0.2) is 0 Å². The molecule has 1 aliphatic rings. The van der Waals surface area contributed by atoms with Crippen molar-refractivity contribution in [2.24, 2.45) is 5.73 Å². The second-order valence-electron chi connectivity index (χ2n) is 6.58. The number of rotatable bonds is 6. The fraction of sp³-hybridized carbons (Fsp3) is 0.611. The Morgan fingerprint density at radius 2 is 1.82 bits per heavy atom. The molecular weight excluding hydrogens is 296 g/mol. The second-order valence-corrected chi connectivity index (χ2v) is 6.58. The van der Waals surface area contributed by atoms with Gasteiger partial charge in [0.2, 0.25) is 5.91 Å². The van der Waals surface area contributed by atoms with Crippen molar-refractivity contribution < 1.29 is 4.79 Å². The van der Waals surface area contributed by atoms with Gasteiger partial charge in [0.1, 0.15) is 0 Å². The molecule has 3 nitrogen and oxygen atoms in total. The third-order valence-electron chi connectivity index (χ3n) is 4.75. The van der Waals surface area contributed by atoms with Crippen LogP contribution < -0.4 is 11.1 Å². The molecular formula is C18H29ClN2O. The van der Waals surface area contributed by atoms with Crippen molar-refractivity contribution >= 4 is 18.3 Å². The number of nitrogens with one attached hydrogen (secondary N) is 1. The molecule has 0 spiro atoms. The summed E-state index contributed by atoms with van der Waals surface area (Å²) in [5, 5.41) is 3.08. The summed E-state index contributed by atoms with van der Waals surface area (Å²) in [6, 6.07) is 9.00. The molecule has 3 N–H and O–H groups in total. The van der Waals surface area contributed by atoms with Gasteiger partial charge in [-0.2, -0.15) is 0 Å². The maximum atomic E-state index is 11.7. The lowest BCUT2D eigenvalue weighted by molar-refractivity contribution is -0.121. The van der Waals surface area contributed by atoms with Gasteiger partial charge in [0, 0.05) is 24.9 Å². The van der Waals surface area contributed by atoms with Crippen LogP contribution in [0.15, 0.2) is 24.3 Å². The molecule has 1 fully saturated rings. The fourth-order valence-corrected chi connectivity index (χ4v) is 3.33. The Morgan fingerprint density at radius 3 is 2.32 bits per heavy atom. The van der Waals surface area contributed by atoms with E-state index in [1.54, 1.807) is 0 Å². The summed E-state index contributed by atoms with van der Waals surface area (Å²) in [5.41, 5.74) is 8.31. The van der Waals surface area contributed by atoms with Crippen molar-refractivity contribution in [2.75, 3.05) is 13.1 Å². The van der Waals surface area contributed by atoms with E-state index in [9.17, 15) is 4.79 Å². The number of hydrogen-bond donors (Lipinski definition) is 2. The summed E-state index contributed by atoms with van der Waals surface area (Å²) in [7, 11) is 0. The van der Waals surface area contributed by atoms with Crippen LogP contribution in [0.1, 0.15) is 63.0 Å². The molecule has 4 heteroatoms. The number of amides is 1. The number of hydrogen-bond acceptors (Lipinski definition) is 2. The Hall–Kier alpha value is -1.06. The number of nitrogens with two attached hydrogens (primary N) is 1. The van der Waals surface area contributed by atoms with E-state index in [1.807, 2.05) is 0 Å². The molecule has 1 aliphatic carbocycles. The van der Waals surface area contributed by atoms with Crippen LogP contribution in [0.2, 0.25) is 0 Å². The van der Waals surface area contributed by atoms with Gasteiger partial charge in [-0.25, -0.2) is 0 Å². The highest BCUT2D eigenvalue weighted by Crippen LogP contribution is 2.41. The molecule has 0 unspecified atom stereocenters. The Balaban J connectivity index is 0.00000242. The zero-order valence-electron chi connectivity index (χ0n) is 13.7. The first-order valence-electron chi connectivity index (χ1n) is 8.14.